The van der Waals surface area contributed by atoms with Crippen molar-refractivity contribution >= 4 is 29.3 Å². The molecule has 8 nitrogen and oxygen atoms in total. The molecule has 2 saturated heterocycles. The lowest BCUT2D eigenvalue weighted by molar-refractivity contribution is -0.136. The summed E-state index contributed by atoms with van der Waals surface area (Å²) in [5, 5.41) is 3.14. The number of fused-ring (bicyclic) bond motifs is 3. The normalized spacial score (nSPS) is 21.8. The second-order valence-electron chi connectivity index (χ2n) is 11.5. The van der Waals surface area contributed by atoms with Gasteiger partial charge in [0, 0.05) is 33.5 Å². The Kier molecular flexibility index (Phi) is 7.73. The molecule has 0 aliphatic carbocycles. The number of likely N-dealkylation sites (tertiary alicyclic amines) is 1. The van der Waals surface area contributed by atoms with E-state index in [0.29, 0.717) is 30.9 Å². The Balaban J connectivity index is 0.909. The van der Waals surface area contributed by atoms with Crippen LogP contribution in [0.4, 0.5) is 0 Å². The molecule has 4 aliphatic rings. The van der Waals surface area contributed by atoms with Crippen LogP contribution >= 0.6 is 11.6 Å². The maximum Gasteiger partial charge on any atom is 0.255 e. The summed E-state index contributed by atoms with van der Waals surface area (Å²) in [6.07, 6.45) is 7.19. The predicted octanol–water partition coefficient (Wildman–Crippen LogP) is 4.47. The van der Waals surface area contributed by atoms with E-state index in [1.165, 1.54) is 12.0 Å². The molecular formula is C31H36ClN3O5. The van der Waals surface area contributed by atoms with Gasteiger partial charge in [0.25, 0.3) is 5.91 Å². The number of rotatable bonds is 9. The van der Waals surface area contributed by atoms with Crippen molar-refractivity contribution in [2.75, 3.05) is 32.8 Å². The maximum atomic E-state index is 13.0. The second kappa shape index (κ2) is 11.4. The standard InChI is InChI=1S/C31H36ClN3O5/c32-21-8-10-27-24(18-21)31(20-40-27)12-15-34(16-13-31)14-3-1-2-4-17-39-26-7-5-6-22-23(26)19-35(30(22)38)25-9-11-28(36)33-29(25)37/h5-8,10,18,25H,1-4,9,11-17,19-20H2,(H,33,36,37). The Hall–Kier alpha value is -3.10. The third-order valence-corrected chi connectivity index (χ3v) is 9.23. The van der Waals surface area contributed by atoms with Gasteiger partial charge in [0.2, 0.25) is 11.8 Å². The first kappa shape index (κ1) is 27.1. The summed E-state index contributed by atoms with van der Waals surface area (Å²) in [5.41, 5.74) is 2.82. The summed E-state index contributed by atoms with van der Waals surface area (Å²) in [6.45, 7) is 4.99. The molecule has 2 aromatic rings. The van der Waals surface area contributed by atoms with Crippen LogP contribution in [0.25, 0.3) is 0 Å². The third kappa shape index (κ3) is 5.31. The number of imide groups is 1. The van der Waals surface area contributed by atoms with Gasteiger partial charge in [-0.3, -0.25) is 19.7 Å². The molecule has 1 N–H and O–H groups in total. The topological polar surface area (TPSA) is 88.2 Å². The average molecular weight is 566 g/mol. The first-order valence-corrected chi connectivity index (χ1v) is 14.9. The van der Waals surface area contributed by atoms with E-state index < -0.39 is 11.9 Å². The fourth-order valence-electron chi connectivity index (χ4n) is 6.62. The lowest BCUT2D eigenvalue weighted by Gasteiger charge is -2.38. The summed E-state index contributed by atoms with van der Waals surface area (Å²) in [5.74, 6) is 0.856. The highest BCUT2D eigenvalue weighted by atomic mass is 35.5. The Bertz CT molecular complexity index is 1310. The fourth-order valence-corrected chi connectivity index (χ4v) is 6.79. The minimum Gasteiger partial charge on any atom is -0.493 e. The molecule has 6 rings (SSSR count). The van der Waals surface area contributed by atoms with Crippen molar-refractivity contribution in [3.63, 3.8) is 0 Å². The minimum atomic E-state index is -0.614. The van der Waals surface area contributed by atoms with Crippen LogP contribution in [0.1, 0.15) is 72.9 Å². The number of hydrogen-bond acceptors (Lipinski definition) is 6. The number of halogens is 1. The van der Waals surface area contributed by atoms with Crippen molar-refractivity contribution in [1.82, 2.24) is 15.1 Å². The van der Waals surface area contributed by atoms with Crippen LogP contribution in [0.5, 0.6) is 11.5 Å². The molecule has 40 heavy (non-hydrogen) atoms. The number of hydrogen-bond donors (Lipinski definition) is 1. The molecule has 1 spiro atoms. The summed E-state index contributed by atoms with van der Waals surface area (Å²) in [4.78, 5) is 40.9. The molecule has 4 aliphatic heterocycles. The van der Waals surface area contributed by atoms with Gasteiger partial charge in [-0.2, -0.15) is 0 Å². The fraction of sp³-hybridized carbons (Fsp3) is 0.516. The number of benzene rings is 2. The van der Waals surface area contributed by atoms with Gasteiger partial charge >= 0.3 is 0 Å². The van der Waals surface area contributed by atoms with Gasteiger partial charge in [0.15, 0.2) is 0 Å². The molecular weight excluding hydrogens is 530 g/mol. The molecule has 0 aromatic heterocycles. The Morgan fingerprint density at radius 2 is 1.88 bits per heavy atom. The van der Waals surface area contributed by atoms with Crippen molar-refractivity contribution in [1.29, 1.82) is 0 Å². The number of carbonyl (C=O) groups is 3. The van der Waals surface area contributed by atoms with Crippen molar-refractivity contribution in [2.45, 2.75) is 69.4 Å². The van der Waals surface area contributed by atoms with Crippen molar-refractivity contribution in [3.8, 4) is 11.5 Å². The minimum absolute atomic E-state index is 0.120. The number of nitrogens with zero attached hydrogens (tertiary/aromatic N) is 2. The summed E-state index contributed by atoms with van der Waals surface area (Å²) in [7, 11) is 0. The van der Waals surface area contributed by atoms with Crippen LogP contribution in [-0.2, 0) is 21.5 Å². The van der Waals surface area contributed by atoms with E-state index in [1.54, 1.807) is 11.0 Å². The van der Waals surface area contributed by atoms with Crippen molar-refractivity contribution < 1.29 is 23.9 Å². The van der Waals surface area contributed by atoms with Gasteiger partial charge in [-0.15, -0.1) is 0 Å². The number of amides is 3. The van der Waals surface area contributed by atoms with Crippen molar-refractivity contribution in [2.24, 2.45) is 0 Å². The average Bonchev–Trinajstić information content (AvgIpc) is 3.47. The Labute approximate surface area is 239 Å². The Morgan fingerprint density at radius 3 is 2.70 bits per heavy atom. The first-order chi connectivity index (χ1) is 19.4. The maximum absolute atomic E-state index is 13.0. The largest absolute Gasteiger partial charge is 0.493 e. The number of ether oxygens (including phenoxy) is 2. The monoisotopic (exact) mass is 565 g/mol. The molecule has 9 heteroatoms. The highest BCUT2D eigenvalue weighted by Crippen LogP contribution is 2.46. The predicted molar refractivity (Wildman–Crippen MR) is 151 cm³/mol. The van der Waals surface area contributed by atoms with Gasteiger partial charge < -0.3 is 19.3 Å². The summed E-state index contributed by atoms with van der Waals surface area (Å²) < 4.78 is 12.1. The highest BCUT2D eigenvalue weighted by molar-refractivity contribution is 6.30. The summed E-state index contributed by atoms with van der Waals surface area (Å²) in [6, 6.07) is 10.9. The van der Waals surface area contributed by atoms with E-state index in [-0.39, 0.29) is 23.7 Å². The first-order valence-electron chi connectivity index (χ1n) is 14.5. The van der Waals surface area contributed by atoms with Gasteiger partial charge in [-0.05, 0) is 82.1 Å². The van der Waals surface area contributed by atoms with E-state index in [4.69, 9.17) is 21.1 Å². The number of piperidine rings is 2. The van der Waals surface area contributed by atoms with Crippen LogP contribution in [0.15, 0.2) is 36.4 Å². The van der Waals surface area contributed by atoms with Gasteiger partial charge in [0.1, 0.15) is 17.5 Å². The lowest BCUT2D eigenvalue weighted by atomic mass is 9.74. The zero-order valence-corrected chi connectivity index (χ0v) is 23.5. The molecule has 1 atom stereocenters. The lowest BCUT2D eigenvalue weighted by Crippen LogP contribution is -2.52. The van der Waals surface area contributed by atoms with Crippen LogP contribution in [0.3, 0.4) is 0 Å². The SMILES string of the molecule is O=C1CCC(N2Cc3c(OCCCCCCN4CCC5(CC4)COc4ccc(Cl)cc45)cccc3C2=O)C(=O)N1. The van der Waals surface area contributed by atoms with Crippen LogP contribution < -0.4 is 14.8 Å². The molecule has 2 fully saturated rings. The number of carbonyl (C=O) groups excluding carboxylic acids is 3. The molecule has 2 aromatic carbocycles. The van der Waals surface area contributed by atoms with Gasteiger partial charge in [0.05, 0.1) is 19.8 Å². The van der Waals surface area contributed by atoms with Crippen LogP contribution in [0, 0.1) is 0 Å². The van der Waals surface area contributed by atoms with E-state index in [1.807, 2.05) is 24.3 Å². The third-order valence-electron chi connectivity index (χ3n) is 9.00. The number of unbranched alkanes of at least 4 members (excludes halogenated alkanes) is 3. The van der Waals surface area contributed by atoms with E-state index >= 15 is 0 Å². The second-order valence-corrected chi connectivity index (χ2v) is 11.9. The van der Waals surface area contributed by atoms with Gasteiger partial charge in [-0.1, -0.05) is 30.5 Å². The number of nitrogens with one attached hydrogen (secondary N) is 1. The van der Waals surface area contributed by atoms with Gasteiger partial charge in [-0.25, -0.2) is 0 Å². The molecule has 0 saturated carbocycles. The quantitative estimate of drug-likeness (QED) is 0.357. The smallest absolute Gasteiger partial charge is 0.255 e. The van der Waals surface area contributed by atoms with Crippen LogP contribution in [-0.4, -0.2) is 66.4 Å². The zero-order chi connectivity index (χ0) is 27.7. The Morgan fingerprint density at radius 1 is 1.05 bits per heavy atom. The zero-order valence-electron chi connectivity index (χ0n) is 22.8. The van der Waals surface area contributed by atoms with Crippen LogP contribution in [0.2, 0.25) is 5.02 Å². The van der Waals surface area contributed by atoms with E-state index in [0.717, 1.165) is 74.7 Å². The molecule has 0 radical (unpaired) electrons. The molecule has 0 bridgehead atoms. The summed E-state index contributed by atoms with van der Waals surface area (Å²) >= 11 is 6.27. The molecule has 212 valence electrons. The molecule has 4 heterocycles. The molecule has 1 unspecified atom stereocenters. The molecule has 3 amide bonds. The van der Waals surface area contributed by atoms with E-state index in [9.17, 15) is 14.4 Å². The van der Waals surface area contributed by atoms with Crippen molar-refractivity contribution in [3.05, 3.63) is 58.1 Å². The highest BCUT2D eigenvalue weighted by Gasteiger charge is 2.43. The van der Waals surface area contributed by atoms with E-state index in [2.05, 4.69) is 16.3 Å².